The highest BCUT2D eigenvalue weighted by Gasteiger charge is 1.93. The molecule has 0 spiro atoms. The van der Waals surface area contributed by atoms with Crippen molar-refractivity contribution < 1.29 is 17.2 Å². The highest BCUT2D eigenvalue weighted by atomic mass is 32.3. The highest BCUT2D eigenvalue weighted by molar-refractivity contribution is 7.80. The Labute approximate surface area is 60.4 Å². The predicted molar refractivity (Wildman–Crippen MR) is 37.8 cm³/mol. The topological polar surface area (TPSA) is 89.6 Å². The highest BCUT2D eigenvalue weighted by Crippen LogP contribution is 1.74. The summed E-state index contributed by atoms with van der Waals surface area (Å²) in [6, 6.07) is 0. The van der Waals surface area contributed by atoms with Gasteiger partial charge in [0.1, 0.15) is 0 Å². The van der Waals surface area contributed by atoms with Crippen molar-refractivity contribution in [2.45, 2.75) is 0 Å². The zero-order valence-electron chi connectivity index (χ0n) is 5.65. The second-order valence-electron chi connectivity index (χ2n) is 1.12. The SMILES string of the molecule is C=CCN.COS(=O)(=O)O. The molecule has 0 amide bonds. The normalized spacial score (nSPS) is 9.50. The van der Waals surface area contributed by atoms with Gasteiger partial charge < -0.3 is 5.73 Å². The molecule has 0 saturated carbocycles. The summed E-state index contributed by atoms with van der Waals surface area (Å²) in [5.41, 5.74) is 4.91. The maximum Gasteiger partial charge on any atom is 0.397 e. The molecule has 0 unspecified atom stereocenters. The van der Waals surface area contributed by atoms with Crippen molar-refractivity contribution in [1.82, 2.24) is 0 Å². The van der Waals surface area contributed by atoms with E-state index >= 15 is 0 Å². The van der Waals surface area contributed by atoms with Gasteiger partial charge in [-0.15, -0.1) is 6.58 Å². The Balaban J connectivity index is 0. The van der Waals surface area contributed by atoms with E-state index in [2.05, 4.69) is 10.8 Å². The molecule has 0 aliphatic heterocycles. The fourth-order valence-corrected chi connectivity index (χ4v) is 0. The third kappa shape index (κ3) is 25.6. The van der Waals surface area contributed by atoms with Gasteiger partial charge in [-0.2, -0.15) is 8.42 Å². The molecule has 10 heavy (non-hydrogen) atoms. The second-order valence-corrected chi connectivity index (χ2v) is 2.31. The van der Waals surface area contributed by atoms with Gasteiger partial charge in [-0.1, -0.05) is 6.08 Å². The van der Waals surface area contributed by atoms with Crippen molar-refractivity contribution in [1.29, 1.82) is 0 Å². The van der Waals surface area contributed by atoms with Crippen molar-refractivity contribution >= 4 is 10.4 Å². The Morgan fingerprint density at radius 1 is 1.80 bits per heavy atom. The molecule has 0 rings (SSSR count). The third-order valence-electron chi connectivity index (χ3n) is 0.377. The van der Waals surface area contributed by atoms with Crippen LogP contribution in [0.4, 0.5) is 0 Å². The molecule has 3 N–H and O–H groups in total. The molecule has 0 aromatic rings. The Bertz CT molecular complexity index is 162. The van der Waals surface area contributed by atoms with Gasteiger partial charge in [0, 0.05) is 6.54 Å². The fourth-order valence-electron chi connectivity index (χ4n) is 0. The number of nitrogens with two attached hydrogens (primary N) is 1. The summed E-state index contributed by atoms with van der Waals surface area (Å²) in [7, 11) is -3.29. The number of rotatable bonds is 2. The summed E-state index contributed by atoms with van der Waals surface area (Å²) in [6.07, 6.45) is 1.65. The summed E-state index contributed by atoms with van der Waals surface area (Å²) >= 11 is 0. The summed E-state index contributed by atoms with van der Waals surface area (Å²) < 4.78 is 29.7. The molecule has 0 aromatic heterocycles. The average molecular weight is 169 g/mol. The standard InChI is InChI=1S/C3H7N.CH4O4S/c1-2-3-4;1-5-6(2,3)4/h2H,1,3-4H2;1H3,(H,2,3,4). The summed E-state index contributed by atoms with van der Waals surface area (Å²) in [5, 5.41) is 0. The van der Waals surface area contributed by atoms with Gasteiger partial charge in [0.15, 0.2) is 0 Å². The van der Waals surface area contributed by atoms with E-state index in [1.165, 1.54) is 0 Å². The molecule has 0 heterocycles. The molecule has 0 atom stereocenters. The van der Waals surface area contributed by atoms with Crippen LogP contribution in [0.15, 0.2) is 12.7 Å². The lowest BCUT2D eigenvalue weighted by atomic mass is 10.7. The summed E-state index contributed by atoms with van der Waals surface area (Å²) in [4.78, 5) is 0. The van der Waals surface area contributed by atoms with Crippen LogP contribution >= 0.6 is 0 Å². The van der Waals surface area contributed by atoms with Crippen LogP contribution in [0.5, 0.6) is 0 Å². The van der Waals surface area contributed by atoms with E-state index in [9.17, 15) is 8.42 Å². The van der Waals surface area contributed by atoms with Crippen molar-refractivity contribution in [2.75, 3.05) is 13.7 Å². The quantitative estimate of drug-likeness (QED) is 0.432. The molecule has 0 bridgehead atoms. The van der Waals surface area contributed by atoms with E-state index in [1.807, 2.05) is 0 Å². The zero-order valence-corrected chi connectivity index (χ0v) is 6.47. The Morgan fingerprint density at radius 3 is 2.00 bits per heavy atom. The first kappa shape index (κ1) is 12.3. The molecule has 5 nitrogen and oxygen atoms in total. The Morgan fingerprint density at radius 2 is 2.00 bits per heavy atom. The van der Waals surface area contributed by atoms with Crippen LogP contribution < -0.4 is 5.73 Å². The molecule has 0 aliphatic carbocycles. The predicted octanol–water partition coefficient (Wildman–Crippen LogP) is -0.433. The molecule has 0 radical (unpaired) electrons. The minimum absolute atomic E-state index is 0.583. The lowest BCUT2D eigenvalue weighted by molar-refractivity contribution is 0.324. The summed E-state index contributed by atoms with van der Waals surface area (Å²) in [6.45, 7) is 3.94. The van der Waals surface area contributed by atoms with E-state index in [0.717, 1.165) is 7.11 Å². The molecular formula is C4H11NO4S. The van der Waals surface area contributed by atoms with Gasteiger partial charge in [-0.25, -0.2) is 0 Å². The van der Waals surface area contributed by atoms with Gasteiger partial charge in [0.2, 0.25) is 0 Å². The van der Waals surface area contributed by atoms with E-state index in [-0.39, 0.29) is 0 Å². The van der Waals surface area contributed by atoms with Gasteiger partial charge in [0.25, 0.3) is 0 Å². The second kappa shape index (κ2) is 6.69. The minimum Gasteiger partial charge on any atom is -0.327 e. The maximum absolute atomic E-state index is 9.33. The lowest BCUT2D eigenvalue weighted by Gasteiger charge is -1.82. The van der Waals surface area contributed by atoms with E-state index in [1.54, 1.807) is 6.08 Å². The molecule has 0 saturated heterocycles. The lowest BCUT2D eigenvalue weighted by Crippen LogP contribution is -1.96. The average Bonchev–Trinajstić information content (AvgIpc) is 1.87. The molecule has 6 heteroatoms. The van der Waals surface area contributed by atoms with E-state index in [0.29, 0.717) is 6.54 Å². The van der Waals surface area contributed by atoms with Crippen LogP contribution in [0.2, 0.25) is 0 Å². The van der Waals surface area contributed by atoms with Crippen molar-refractivity contribution in [3.8, 4) is 0 Å². The van der Waals surface area contributed by atoms with Crippen molar-refractivity contribution in [3.63, 3.8) is 0 Å². The number of hydrogen-bond acceptors (Lipinski definition) is 4. The van der Waals surface area contributed by atoms with Crippen molar-refractivity contribution in [3.05, 3.63) is 12.7 Å². The first-order valence-electron chi connectivity index (χ1n) is 2.32. The maximum atomic E-state index is 9.33. The first-order chi connectivity index (χ1) is 4.47. The van der Waals surface area contributed by atoms with Gasteiger partial charge >= 0.3 is 10.4 Å². The fraction of sp³-hybridized carbons (Fsp3) is 0.500. The van der Waals surface area contributed by atoms with Crippen LogP contribution in [-0.2, 0) is 14.6 Å². The van der Waals surface area contributed by atoms with Crippen molar-refractivity contribution in [2.24, 2.45) is 5.73 Å². The Kier molecular flexibility index (Phi) is 8.20. The van der Waals surface area contributed by atoms with Crippen LogP contribution in [0.3, 0.4) is 0 Å². The van der Waals surface area contributed by atoms with Crippen LogP contribution in [0.1, 0.15) is 0 Å². The van der Waals surface area contributed by atoms with Gasteiger partial charge in [0.05, 0.1) is 7.11 Å². The minimum atomic E-state index is -4.16. The largest absolute Gasteiger partial charge is 0.397 e. The molecule has 62 valence electrons. The Hall–Kier alpha value is -0.430. The smallest absolute Gasteiger partial charge is 0.327 e. The van der Waals surface area contributed by atoms with Crippen LogP contribution in [0.25, 0.3) is 0 Å². The molecule has 0 fully saturated rings. The zero-order chi connectivity index (χ0) is 8.62. The summed E-state index contributed by atoms with van der Waals surface area (Å²) in [5.74, 6) is 0. The monoisotopic (exact) mass is 169 g/mol. The molecule has 0 aromatic carbocycles. The van der Waals surface area contributed by atoms with E-state index < -0.39 is 10.4 Å². The van der Waals surface area contributed by atoms with Gasteiger partial charge in [-0.05, 0) is 0 Å². The molecule has 0 aliphatic rings. The molecular weight excluding hydrogens is 158 g/mol. The van der Waals surface area contributed by atoms with E-state index in [4.69, 9.17) is 10.3 Å². The van der Waals surface area contributed by atoms with Gasteiger partial charge in [-0.3, -0.25) is 8.74 Å². The third-order valence-corrected chi connectivity index (χ3v) is 0.799. The first-order valence-corrected chi connectivity index (χ1v) is 3.68. The van der Waals surface area contributed by atoms with Crippen LogP contribution in [0, 0.1) is 0 Å². The number of hydrogen-bond donors (Lipinski definition) is 2. The van der Waals surface area contributed by atoms with Crippen LogP contribution in [-0.4, -0.2) is 26.6 Å².